The van der Waals surface area contributed by atoms with E-state index in [1.807, 2.05) is 18.7 Å². The number of hydrogen-bond donors (Lipinski definition) is 2. The molecule has 17 heavy (non-hydrogen) atoms. The molecule has 1 saturated heterocycles. The van der Waals surface area contributed by atoms with Crippen LogP contribution in [0.25, 0.3) is 0 Å². The molecule has 0 aliphatic carbocycles. The smallest absolute Gasteiger partial charge is 0.248 e. The summed E-state index contributed by atoms with van der Waals surface area (Å²) in [5, 5.41) is 8.51. The maximum Gasteiger partial charge on any atom is 0.248 e. The quantitative estimate of drug-likeness (QED) is 0.602. The van der Waals surface area contributed by atoms with Crippen LogP contribution in [0.2, 0.25) is 0 Å². The number of rotatable bonds is 4. The van der Waals surface area contributed by atoms with Gasteiger partial charge in [-0.1, -0.05) is 12.0 Å². The first-order valence-corrected chi connectivity index (χ1v) is 8.02. The van der Waals surface area contributed by atoms with Crippen molar-refractivity contribution in [2.24, 2.45) is 0 Å². The summed E-state index contributed by atoms with van der Waals surface area (Å²) >= 11 is 0. The monoisotopic (exact) mass is 261 g/mol. The van der Waals surface area contributed by atoms with Crippen molar-refractivity contribution in [1.82, 2.24) is 4.90 Å². The van der Waals surface area contributed by atoms with E-state index in [9.17, 15) is 14.6 Å². The van der Waals surface area contributed by atoms with Crippen LogP contribution in [0.5, 0.6) is 0 Å². The third-order valence-corrected chi connectivity index (χ3v) is 5.44. The van der Waals surface area contributed by atoms with Gasteiger partial charge in [0.05, 0.1) is 6.29 Å². The van der Waals surface area contributed by atoms with E-state index >= 15 is 0 Å². The fourth-order valence-corrected chi connectivity index (χ4v) is 3.73. The first-order valence-electron chi connectivity index (χ1n) is 6.17. The van der Waals surface area contributed by atoms with Crippen LogP contribution >= 0.6 is 7.37 Å². The van der Waals surface area contributed by atoms with Crippen molar-refractivity contribution >= 4 is 7.37 Å². The normalized spacial score (nSPS) is 24.8. The second-order valence-corrected chi connectivity index (χ2v) is 7.93. The van der Waals surface area contributed by atoms with E-state index in [1.165, 1.54) is 19.4 Å². The fourth-order valence-electron chi connectivity index (χ4n) is 2.16. The molecular formula is C12H24NO3P. The molecule has 5 heteroatoms. The zero-order chi connectivity index (χ0) is 13.1. The van der Waals surface area contributed by atoms with Gasteiger partial charge >= 0.3 is 0 Å². The highest BCUT2D eigenvalue weighted by Crippen LogP contribution is 2.54. The highest BCUT2D eigenvalue weighted by molar-refractivity contribution is 7.59. The van der Waals surface area contributed by atoms with Crippen LogP contribution in [0.4, 0.5) is 0 Å². The topological polar surface area (TPSA) is 60.8 Å². The lowest BCUT2D eigenvalue weighted by molar-refractivity contribution is 0.165. The second-order valence-electron chi connectivity index (χ2n) is 5.34. The lowest BCUT2D eigenvalue weighted by Gasteiger charge is -2.33. The molecule has 2 N–H and O–H groups in total. The Balaban J connectivity index is 2.72. The predicted octanol–water partition coefficient (Wildman–Crippen LogP) is 2.37. The van der Waals surface area contributed by atoms with Crippen LogP contribution in [-0.2, 0) is 4.57 Å². The largest absolute Gasteiger partial charge is 0.376 e. The summed E-state index contributed by atoms with van der Waals surface area (Å²) in [6, 6.07) is 0. The Bertz CT molecular complexity index is 329. The molecule has 1 fully saturated rings. The van der Waals surface area contributed by atoms with Crippen molar-refractivity contribution in [3.8, 4) is 0 Å². The van der Waals surface area contributed by atoms with Gasteiger partial charge < -0.3 is 10.00 Å². The number of likely N-dealkylation sites (tertiary alicyclic amines) is 1. The van der Waals surface area contributed by atoms with Crippen LogP contribution in [0.1, 0.15) is 40.0 Å². The van der Waals surface area contributed by atoms with E-state index in [4.69, 9.17) is 0 Å². The molecule has 0 aromatic heterocycles. The van der Waals surface area contributed by atoms with Gasteiger partial charge in [-0.3, -0.25) is 9.46 Å². The molecule has 0 amide bonds. The third kappa shape index (κ3) is 4.22. The molecule has 4 nitrogen and oxygen atoms in total. The van der Waals surface area contributed by atoms with Crippen molar-refractivity contribution in [1.29, 1.82) is 0 Å². The zero-order valence-electron chi connectivity index (χ0n) is 11.0. The molecule has 1 rings (SSSR count). The molecule has 0 bridgehead atoms. The number of allylic oxidation sites excluding steroid dienone is 1. The first-order chi connectivity index (χ1) is 7.74. The zero-order valence-corrected chi connectivity index (χ0v) is 11.9. The van der Waals surface area contributed by atoms with E-state index in [0.717, 1.165) is 31.5 Å². The summed E-state index contributed by atoms with van der Waals surface area (Å²) < 4.78 is 12.3. The van der Waals surface area contributed by atoms with Gasteiger partial charge in [0.2, 0.25) is 7.37 Å². The molecule has 0 spiro atoms. The van der Waals surface area contributed by atoms with E-state index in [-0.39, 0.29) is 6.29 Å². The molecule has 0 aromatic carbocycles. The van der Waals surface area contributed by atoms with Gasteiger partial charge in [0.15, 0.2) is 5.34 Å². The molecule has 2 atom stereocenters. The SMILES string of the molecule is CC(C)=C[C@@](C)(O)P(=O)(O)CN1CCCCC1. The summed E-state index contributed by atoms with van der Waals surface area (Å²) in [4.78, 5) is 12.0. The highest BCUT2D eigenvalue weighted by atomic mass is 31.2. The summed E-state index contributed by atoms with van der Waals surface area (Å²) in [5.74, 6) is 0. The average molecular weight is 261 g/mol. The van der Waals surface area contributed by atoms with Gasteiger partial charge in [-0.05, 0) is 52.8 Å². The number of hydrogen-bond acceptors (Lipinski definition) is 3. The van der Waals surface area contributed by atoms with Crippen molar-refractivity contribution in [2.75, 3.05) is 19.4 Å². The van der Waals surface area contributed by atoms with E-state index < -0.39 is 12.7 Å². The fraction of sp³-hybridized carbons (Fsp3) is 0.833. The Labute approximate surface area is 104 Å². The molecule has 1 unspecified atom stereocenters. The maximum atomic E-state index is 12.3. The van der Waals surface area contributed by atoms with Gasteiger partial charge in [0, 0.05) is 0 Å². The molecule has 1 aliphatic heterocycles. The minimum Gasteiger partial charge on any atom is -0.376 e. The summed E-state index contributed by atoms with van der Waals surface area (Å²) in [6.45, 7) is 6.76. The van der Waals surface area contributed by atoms with Crippen LogP contribution in [-0.4, -0.2) is 39.6 Å². The van der Waals surface area contributed by atoms with Gasteiger partial charge in [-0.2, -0.15) is 0 Å². The van der Waals surface area contributed by atoms with Crippen molar-refractivity contribution in [3.05, 3.63) is 11.6 Å². The van der Waals surface area contributed by atoms with Gasteiger partial charge in [-0.25, -0.2) is 0 Å². The van der Waals surface area contributed by atoms with E-state index in [1.54, 1.807) is 0 Å². The minimum atomic E-state index is -3.61. The molecule has 1 heterocycles. The average Bonchev–Trinajstić information content (AvgIpc) is 2.16. The van der Waals surface area contributed by atoms with Crippen molar-refractivity contribution < 1.29 is 14.6 Å². The van der Waals surface area contributed by atoms with Crippen LogP contribution in [0.15, 0.2) is 11.6 Å². The molecule has 100 valence electrons. The molecular weight excluding hydrogens is 237 g/mol. The number of aliphatic hydroxyl groups is 1. The molecule has 0 saturated carbocycles. The lowest BCUT2D eigenvalue weighted by atomic mass is 10.1. The van der Waals surface area contributed by atoms with Crippen molar-refractivity contribution in [2.45, 2.75) is 45.4 Å². The summed E-state index contributed by atoms with van der Waals surface area (Å²) in [6.07, 6.45) is 4.91. The number of piperidine rings is 1. The Hall–Kier alpha value is -0.150. The summed E-state index contributed by atoms with van der Waals surface area (Å²) in [7, 11) is -3.61. The van der Waals surface area contributed by atoms with E-state index in [0.29, 0.717) is 0 Å². The van der Waals surface area contributed by atoms with Crippen LogP contribution < -0.4 is 0 Å². The van der Waals surface area contributed by atoms with Gasteiger partial charge in [-0.15, -0.1) is 0 Å². The summed E-state index contributed by atoms with van der Waals surface area (Å²) in [5.41, 5.74) is 0.850. The van der Waals surface area contributed by atoms with Gasteiger partial charge in [0.1, 0.15) is 0 Å². The highest BCUT2D eigenvalue weighted by Gasteiger charge is 2.40. The maximum absolute atomic E-state index is 12.3. The number of nitrogens with zero attached hydrogens (tertiary/aromatic N) is 1. The first kappa shape index (κ1) is 14.9. The third-order valence-electron chi connectivity index (χ3n) is 3.11. The Morgan fingerprint density at radius 2 is 1.88 bits per heavy atom. The lowest BCUT2D eigenvalue weighted by Crippen LogP contribution is -2.35. The Morgan fingerprint density at radius 3 is 2.35 bits per heavy atom. The minimum absolute atomic E-state index is 0.0871. The van der Waals surface area contributed by atoms with Crippen LogP contribution in [0, 0.1) is 0 Å². The standard InChI is InChI=1S/C12H24NO3P/c1-11(2)9-12(3,14)17(15,16)10-13-7-5-4-6-8-13/h9,14H,4-8,10H2,1-3H3,(H,15,16)/t12-/m0/s1. The predicted molar refractivity (Wildman–Crippen MR) is 70.2 cm³/mol. The second kappa shape index (κ2) is 5.66. The molecule has 0 aromatic rings. The van der Waals surface area contributed by atoms with Crippen LogP contribution in [0.3, 0.4) is 0 Å². The molecule has 1 aliphatic rings. The van der Waals surface area contributed by atoms with E-state index in [2.05, 4.69) is 0 Å². The Morgan fingerprint density at radius 1 is 1.35 bits per heavy atom. The molecule has 0 radical (unpaired) electrons. The van der Waals surface area contributed by atoms with Gasteiger partial charge in [0.25, 0.3) is 0 Å². The Kier molecular flexibility index (Phi) is 4.96. The van der Waals surface area contributed by atoms with Crippen molar-refractivity contribution in [3.63, 3.8) is 0 Å².